The lowest BCUT2D eigenvalue weighted by Crippen LogP contribution is -2.48. The van der Waals surface area contributed by atoms with E-state index in [4.69, 9.17) is 0 Å². The number of nitrogens with one attached hydrogen (secondary N) is 2. The first-order chi connectivity index (χ1) is 12.6. The van der Waals surface area contributed by atoms with Crippen molar-refractivity contribution in [3.8, 4) is 0 Å². The van der Waals surface area contributed by atoms with Gasteiger partial charge in [0.05, 0.1) is 11.6 Å². The number of thiazole rings is 1. The van der Waals surface area contributed by atoms with Gasteiger partial charge in [0.25, 0.3) is 0 Å². The molecular weight excluding hydrogens is 348 g/mol. The lowest BCUT2D eigenvalue weighted by molar-refractivity contribution is -0.130. The highest BCUT2D eigenvalue weighted by Gasteiger charge is 2.17. The molecule has 1 aromatic heterocycles. The Kier molecular flexibility index (Phi) is 8.84. The molecule has 0 aliphatic carbocycles. The molecule has 0 unspecified atom stereocenters. The van der Waals surface area contributed by atoms with Crippen molar-refractivity contribution in [2.24, 2.45) is 4.99 Å². The molecule has 8 heteroatoms. The van der Waals surface area contributed by atoms with Gasteiger partial charge in [0.15, 0.2) is 5.96 Å². The Morgan fingerprint density at radius 2 is 2.04 bits per heavy atom. The number of carbonyl (C=O) groups is 1. The van der Waals surface area contributed by atoms with Crippen molar-refractivity contribution in [1.82, 2.24) is 25.4 Å². The van der Waals surface area contributed by atoms with Gasteiger partial charge in [0, 0.05) is 70.2 Å². The van der Waals surface area contributed by atoms with Gasteiger partial charge in [-0.3, -0.25) is 14.7 Å². The van der Waals surface area contributed by atoms with Crippen LogP contribution in [0.2, 0.25) is 0 Å². The molecule has 1 aromatic rings. The van der Waals surface area contributed by atoms with Crippen molar-refractivity contribution in [2.75, 3.05) is 52.4 Å². The predicted octanol–water partition coefficient (Wildman–Crippen LogP) is 0.967. The van der Waals surface area contributed by atoms with Crippen LogP contribution in [0.4, 0.5) is 0 Å². The van der Waals surface area contributed by atoms with Crippen LogP contribution >= 0.6 is 11.3 Å². The number of nitrogens with zero attached hydrogens (tertiary/aromatic N) is 4. The summed E-state index contributed by atoms with van der Waals surface area (Å²) in [4.78, 5) is 26.1. The van der Waals surface area contributed by atoms with Gasteiger partial charge in [-0.25, -0.2) is 4.98 Å². The third-order valence-electron chi connectivity index (χ3n) is 4.43. The second kappa shape index (κ2) is 11.1. The molecule has 0 aromatic carbocycles. The molecule has 26 heavy (non-hydrogen) atoms. The van der Waals surface area contributed by atoms with Crippen LogP contribution in [0.25, 0.3) is 0 Å². The molecule has 146 valence electrons. The van der Waals surface area contributed by atoms with Gasteiger partial charge >= 0.3 is 0 Å². The van der Waals surface area contributed by atoms with E-state index in [2.05, 4.69) is 39.4 Å². The third-order valence-corrected chi connectivity index (χ3v) is 5.63. The molecule has 7 nitrogen and oxygen atoms in total. The van der Waals surface area contributed by atoms with Crippen molar-refractivity contribution < 1.29 is 4.79 Å². The Morgan fingerprint density at radius 1 is 1.27 bits per heavy atom. The maximum absolute atomic E-state index is 11.4. The van der Waals surface area contributed by atoms with E-state index in [1.807, 2.05) is 11.1 Å². The van der Waals surface area contributed by atoms with E-state index in [1.54, 1.807) is 18.3 Å². The van der Waals surface area contributed by atoms with Crippen molar-refractivity contribution >= 4 is 23.2 Å². The SMILES string of the molecule is CCNC(=NCCN1CCN(C(C)=O)CC1)NCCc1ncc(CC)s1. The molecule has 1 aliphatic rings. The molecule has 2 N–H and O–H groups in total. The highest BCUT2D eigenvalue weighted by Crippen LogP contribution is 2.13. The lowest BCUT2D eigenvalue weighted by atomic mass is 10.3. The van der Waals surface area contributed by atoms with Crippen molar-refractivity contribution in [3.05, 3.63) is 16.1 Å². The highest BCUT2D eigenvalue weighted by atomic mass is 32.1. The summed E-state index contributed by atoms with van der Waals surface area (Å²) in [6, 6.07) is 0. The average Bonchev–Trinajstić information content (AvgIpc) is 3.10. The fraction of sp³-hybridized carbons (Fsp3) is 0.722. The summed E-state index contributed by atoms with van der Waals surface area (Å²) in [5.74, 6) is 1.04. The highest BCUT2D eigenvalue weighted by molar-refractivity contribution is 7.11. The van der Waals surface area contributed by atoms with E-state index in [9.17, 15) is 4.79 Å². The second-order valence-corrected chi connectivity index (χ2v) is 7.56. The first-order valence-corrected chi connectivity index (χ1v) is 10.4. The third kappa shape index (κ3) is 6.92. The fourth-order valence-electron chi connectivity index (χ4n) is 2.85. The van der Waals surface area contributed by atoms with Crippen molar-refractivity contribution in [3.63, 3.8) is 0 Å². The molecule has 2 heterocycles. The molecule has 0 radical (unpaired) electrons. The molecule has 0 bridgehead atoms. The van der Waals surface area contributed by atoms with Gasteiger partial charge in [-0.05, 0) is 13.3 Å². The van der Waals surface area contributed by atoms with Crippen LogP contribution in [-0.2, 0) is 17.6 Å². The Morgan fingerprint density at radius 3 is 2.65 bits per heavy atom. The van der Waals surface area contributed by atoms with E-state index in [0.717, 1.165) is 71.2 Å². The molecule has 1 aliphatic heterocycles. The Balaban J connectivity index is 1.69. The minimum atomic E-state index is 0.174. The smallest absolute Gasteiger partial charge is 0.219 e. The van der Waals surface area contributed by atoms with Crippen LogP contribution in [0.1, 0.15) is 30.7 Å². The van der Waals surface area contributed by atoms with Crippen LogP contribution in [-0.4, -0.2) is 79.0 Å². The van der Waals surface area contributed by atoms with Crippen molar-refractivity contribution in [2.45, 2.75) is 33.6 Å². The molecular formula is C18H32N6OS. The van der Waals surface area contributed by atoms with Gasteiger partial charge in [-0.1, -0.05) is 6.92 Å². The first-order valence-electron chi connectivity index (χ1n) is 9.56. The number of aromatic nitrogens is 1. The van der Waals surface area contributed by atoms with Crippen molar-refractivity contribution in [1.29, 1.82) is 0 Å². The second-order valence-electron chi connectivity index (χ2n) is 6.36. The number of rotatable bonds is 8. The zero-order valence-electron chi connectivity index (χ0n) is 16.3. The maximum Gasteiger partial charge on any atom is 0.219 e. The quantitative estimate of drug-likeness (QED) is 0.519. The van der Waals surface area contributed by atoms with Crippen LogP contribution < -0.4 is 10.6 Å². The summed E-state index contributed by atoms with van der Waals surface area (Å²) in [6.07, 6.45) is 3.95. The zero-order chi connectivity index (χ0) is 18.8. The summed E-state index contributed by atoms with van der Waals surface area (Å²) in [5, 5.41) is 7.86. The molecule has 2 rings (SSSR count). The lowest BCUT2D eigenvalue weighted by Gasteiger charge is -2.33. The Bertz CT molecular complexity index is 580. The number of aliphatic imine (C=N–C) groups is 1. The number of guanidine groups is 1. The molecule has 1 amide bonds. The Hall–Kier alpha value is -1.67. The number of piperazine rings is 1. The van der Waals surface area contributed by atoms with Gasteiger partial charge in [-0.15, -0.1) is 11.3 Å². The normalized spacial score (nSPS) is 16.0. The first kappa shape index (κ1) is 20.6. The predicted molar refractivity (Wildman–Crippen MR) is 108 cm³/mol. The number of amides is 1. The zero-order valence-corrected chi connectivity index (χ0v) is 17.1. The van der Waals surface area contributed by atoms with E-state index in [-0.39, 0.29) is 5.91 Å². The fourth-order valence-corrected chi connectivity index (χ4v) is 3.71. The summed E-state index contributed by atoms with van der Waals surface area (Å²) < 4.78 is 0. The molecule has 1 fully saturated rings. The molecule has 1 saturated heterocycles. The summed E-state index contributed by atoms with van der Waals surface area (Å²) in [6.45, 7) is 12.8. The number of aryl methyl sites for hydroxylation is 1. The van der Waals surface area contributed by atoms with E-state index in [1.165, 1.54) is 9.88 Å². The molecule has 0 spiro atoms. The summed E-state index contributed by atoms with van der Waals surface area (Å²) in [5.41, 5.74) is 0. The van der Waals surface area contributed by atoms with Gasteiger partial charge in [0.2, 0.25) is 5.91 Å². The standard InChI is InChI=1S/C18H32N6OS/c1-4-16-14-22-17(26-16)6-7-20-18(19-5-2)21-8-9-23-10-12-24(13-11-23)15(3)25/h14H,4-13H2,1-3H3,(H2,19,20,21). The minimum absolute atomic E-state index is 0.174. The van der Waals surface area contributed by atoms with E-state index >= 15 is 0 Å². The summed E-state index contributed by atoms with van der Waals surface area (Å²) in [7, 11) is 0. The number of carbonyl (C=O) groups excluding carboxylic acids is 1. The van der Waals surface area contributed by atoms with Crippen LogP contribution in [0.3, 0.4) is 0 Å². The largest absolute Gasteiger partial charge is 0.357 e. The minimum Gasteiger partial charge on any atom is -0.357 e. The molecule has 0 atom stereocenters. The molecule has 0 saturated carbocycles. The van der Waals surface area contributed by atoms with Crippen LogP contribution in [0, 0.1) is 0 Å². The van der Waals surface area contributed by atoms with Crippen LogP contribution in [0.5, 0.6) is 0 Å². The average molecular weight is 381 g/mol. The van der Waals surface area contributed by atoms with Gasteiger partial charge < -0.3 is 15.5 Å². The van der Waals surface area contributed by atoms with Crippen LogP contribution in [0.15, 0.2) is 11.2 Å². The van der Waals surface area contributed by atoms with Gasteiger partial charge in [-0.2, -0.15) is 0 Å². The maximum atomic E-state index is 11.4. The number of hydrogen-bond donors (Lipinski definition) is 2. The van der Waals surface area contributed by atoms with E-state index < -0.39 is 0 Å². The number of hydrogen-bond acceptors (Lipinski definition) is 5. The monoisotopic (exact) mass is 380 g/mol. The van der Waals surface area contributed by atoms with Gasteiger partial charge in [0.1, 0.15) is 0 Å². The Labute approximate surface area is 160 Å². The topological polar surface area (TPSA) is 72.9 Å². The summed E-state index contributed by atoms with van der Waals surface area (Å²) >= 11 is 1.79. The van der Waals surface area contributed by atoms with E-state index in [0.29, 0.717) is 0 Å².